The molecule has 2 amide bonds. The number of carbonyl (C=O) groups excluding carboxylic acids is 3. The van der Waals surface area contributed by atoms with E-state index in [4.69, 9.17) is 9.47 Å². The highest BCUT2D eigenvalue weighted by Gasteiger charge is 2.35. The van der Waals surface area contributed by atoms with Gasteiger partial charge in [0.25, 0.3) is 0 Å². The van der Waals surface area contributed by atoms with E-state index in [1.54, 1.807) is 20.8 Å². The lowest BCUT2D eigenvalue weighted by Crippen LogP contribution is -2.42. The molecule has 0 heterocycles. The molecule has 0 unspecified atom stereocenters. The van der Waals surface area contributed by atoms with Gasteiger partial charge < -0.3 is 20.1 Å². The molecule has 1 aliphatic rings. The third kappa shape index (κ3) is 9.06. The van der Waals surface area contributed by atoms with Crippen molar-refractivity contribution in [2.75, 3.05) is 13.1 Å². The fourth-order valence-electron chi connectivity index (χ4n) is 4.38. The maximum absolute atomic E-state index is 13.1. The van der Waals surface area contributed by atoms with Crippen LogP contribution in [0.2, 0.25) is 0 Å². The Balaban J connectivity index is 1.99. The van der Waals surface area contributed by atoms with Crippen molar-refractivity contribution in [2.45, 2.75) is 72.5 Å². The molecule has 0 bridgehead atoms. The minimum absolute atomic E-state index is 0.0177. The Kier molecular flexibility index (Phi) is 9.74. The second kappa shape index (κ2) is 12.1. The molecule has 2 N–H and O–H groups in total. The van der Waals surface area contributed by atoms with Gasteiger partial charge >= 0.3 is 12.1 Å². The highest BCUT2D eigenvalue weighted by molar-refractivity contribution is 5.80. The molecule has 7 nitrogen and oxygen atoms in total. The number of carbonyl (C=O) groups is 3. The Labute approximate surface area is 198 Å². The Hall–Kier alpha value is -2.57. The average Bonchev–Trinajstić information content (AvgIpc) is 2.74. The van der Waals surface area contributed by atoms with Crippen LogP contribution in [-0.4, -0.2) is 36.7 Å². The number of esters is 1. The van der Waals surface area contributed by atoms with Crippen LogP contribution in [0.25, 0.3) is 0 Å². The van der Waals surface area contributed by atoms with Crippen LogP contribution < -0.4 is 10.6 Å². The van der Waals surface area contributed by atoms with Gasteiger partial charge in [-0.25, -0.2) is 4.79 Å². The third-order valence-corrected chi connectivity index (χ3v) is 6.04. The predicted octanol–water partition coefficient (Wildman–Crippen LogP) is 4.62. The first-order valence-corrected chi connectivity index (χ1v) is 11.9. The Morgan fingerprint density at radius 2 is 1.73 bits per heavy atom. The summed E-state index contributed by atoms with van der Waals surface area (Å²) in [6.45, 7) is 11.6. The zero-order valence-electron chi connectivity index (χ0n) is 20.9. The molecular weight excluding hydrogens is 420 g/mol. The van der Waals surface area contributed by atoms with Crippen molar-refractivity contribution in [1.29, 1.82) is 0 Å². The van der Waals surface area contributed by atoms with Crippen LogP contribution in [0.1, 0.15) is 72.5 Å². The van der Waals surface area contributed by atoms with Crippen LogP contribution in [0.15, 0.2) is 30.3 Å². The Bertz CT molecular complexity index is 788. The van der Waals surface area contributed by atoms with E-state index in [0.717, 1.165) is 24.8 Å². The van der Waals surface area contributed by atoms with Crippen LogP contribution in [0, 0.1) is 23.7 Å². The van der Waals surface area contributed by atoms with E-state index < -0.39 is 23.8 Å². The van der Waals surface area contributed by atoms with Crippen molar-refractivity contribution < 1.29 is 23.9 Å². The minimum atomic E-state index is -0.685. The molecule has 0 spiro atoms. The topological polar surface area (TPSA) is 93.7 Å². The zero-order chi connectivity index (χ0) is 24.6. The first-order chi connectivity index (χ1) is 15.5. The standard InChI is InChI=1S/C26H40N2O5/c1-17(2)20-13-12-18(3)14-21(20)24(30)27-15-22(19-10-8-7-9-11-19)32-23(29)16-28-25(31)33-26(4,5)6/h7-11,17-18,20-22H,12-16H2,1-6H3,(H,27,30)(H,28,31)/t18-,20+,21-,22-/m1/s1. The molecule has 4 atom stereocenters. The molecule has 0 radical (unpaired) electrons. The average molecular weight is 461 g/mol. The summed E-state index contributed by atoms with van der Waals surface area (Å²) in [4.78, 5) is 37.3. The molecule has 184 valence electrons. The second-order valence-electron chi connectivity index (χ2n) is 10.4. The van der Waals surface area contributed by atoms with Crippen molar-refractivity contribution in [1.82, 2.24) is 10.6 Å². The van der Waals surface area contributed by atoms with Crippen LogP contribution in [-0.2, 0) is 19.1 Å². The van der Waals surface area contributed by atoms with Gasteiger partial charge in [0.15, 0.2) is 0 Å². The number of nitrogens with one attached hydrogen (secondary N) is 2. The van der Waals surface area contributed by atoms with Gasteiger partial charge in [0.2, 0.25) is 5.91 Å². The largest absolute Gasteiger partial charge is 0.454 e. The lowest BCUT2D eigenvalue weighted by molar-refractivity contribution is -0.149. The first kappa shape index (κ1) is 26.7. The summed E-state index contributed by atoms with van der Waals surface area (Å²) < 4.78 is 10.8. The molecule has 0 aliphatic heterocycles. The van der Waals surface area contributed by atoms with Crippen molar-refractivity contribution in [3.63, 3.8) is 0 Å². The number of alkyl carbamates (subject to hydrolysis) is 1. The van der Waals surface area contributed by atoms with Gasteiger partial charge in [0.1, 0.15) is 18.2 Å². The molecular formula is C26H40N2O5. The fraction of sp³-hybridized carbons (Fsp3) is 0.654. The Morgan fingerprint density at radius 3 is 2.33 bits per heavy atom. The number of hydrogen-bond acceptors (Lipinski definition) is 5. The number of amides is 2. The van der Waals surface area contributed by atoms with Gasteiger partial charge in [-0.2, -0.15) is 0 Å². The molecule has 0 aromatic heterocycles. The molecule has 7 heteroatoms. The number of ether oxygens (including phenoxy) is 2. The molecule has 2 rings (SSSR count). The highest BCUT2D eigenvalue weighted by atomic mass is 16.6. The van der Waals surface area contributed by atoms with Crippen LogP contribution >= 0.6 is 0 Å². The molecule has 1 aliphatic carbocycles. The van der Waals surface area contributed by atoms with Gasteiger partial charge in [-0.3, -0.25) is 9.59 Å². The van der Waals surface area contributed by atoms with E-state index in [1.807, 2.05) is 30.3 Å². The zero-order valence-corrected chi connectivity index (χ0v) is 20.9. The predicted molar refractivity (Wildman–Crippen MR) is 127 cm³/mol. The summed E-state index contributed by atoms with van der Waals surface area (Å²) >= 11 is 0. The molecule has 33 heavy (non-hydrogen) atoms. The SMILES string of the molecule is CC(C)[C@@H]1CC[C@@H](C)C[C@H]1C(=O)NC[C@@H](OC(=O)CNC(=O)OC(C)(C)C)c1ccccc1. The summed E-state index contributed by atoms with van der Waals surface area (Å²) in [5.41, 5.74) is 0.121. The minimum Gasteiger partial charge on any atom is -0.454 e. The normalized spacial score (nSPS) is 21.7. The van der Waals surface area contributed by atoms with E-state index in [-0.39, 0.29) is 24.9 Å². The van der Waals surface area contributed by atoms with Gasteiger partial charge in [-0.15, -0.1) is 0 Å². The quantitative estimate of drug-likeness (QED) is 0.552. The maximum Gasteiger partial charge on any atom is 0.408 e. The van der Waals surface area contributed by atoms with Crippen LogP contribution in [0.3, 0.4) is 0 Å². The molecule has 1 saturated carbocycles. The number of rotatable bonds is 8. The fourth-order valence-corrected chi connectivity index (χ4v) is 4.38. The highest BCUT2D eigenvalue weighted by Crippen LogP contribution is 2.38. The first-order valence-electron chi connectivity index (χ1n) is 11.9. The van der Waals surface area contributed by atoms with Crippen LogP contribution in [0.5, 0.6) is 0 Å². The van der Waals surface area contributed by atoms with Gasteiger partial charge in [-0.1, -0.05) is 57.5 Å². The summed E-state index contributed by atoms with van der Waals surface area (Å²) in [5.74, 6) is 0.707. The number of hydrogen-bond donors (Lipinski definition) is 2. The van der Waals surface area contributed by atoms with E-state index in [1.165, 1.54) is 0 Å². The summed E-state index contributed by atoms with van der Waals surface area (Å²) in [7, 11) is 0. The second-order valence-corrected chi connectivity index (χ2v) is 10.4. The van der Waals surface area contributed by atoms with E-state index >= 15 is 0 Å². The lowest BCUT2D eigenvalue weighted by atomic mass is 9.70. The molecule has 1 fully saturated rings. The van der Waals surface area contributed by atoms with Crippen molar-refractivity contribution in [2.24, 2.45) is 23.7 Å². The van der Waals surface area contributed by atoms with Crippen molar-refractivity contribution in [3.8, 4) is 0 Å². The van der Waals surface area contributed by atoms with Gasteiger partial charge in [0, 0.05) is 5.92 Å². The lowest BCUT2D eigenvalue weighted by Gasteiger charge is -2.36. The van der Waals surface area contributed by atoms with Crippen molar-refractivity contribution in [3.05, 3.63) is 35.9 Å². The molecule has 0 saturated heterocycles. The Morgan fingerprint density at radius 1 is 1.06 bits per heavy atom. The molecule has 1 aromatic rings. The molecule has 1 aromatic carbocycles. The summed E-state index contributed by atoms with van der Waals surface area (Å²) in [6.07, 6.45) is 1.76. The maximum atomic E-state index is 13.1. The summed E-state index contributed by atoms with van der Waals surface area (Å²) in [6, 6.07) is 9.29. The van der Waals surface area contributed by atoms with Crippen molar-refractivity contribution >= 4 is 18.0 Å². The van der Waals surface area contributed by atoms with Crippen LogP contribution in [0.4, 0.5) is 4.79 Å². The van der Waals surface area contributed by atoms with Gasteiger partial charge in [0.05, 0.1) is 6.54 Å². The smallest absolute Gasteiger partial charge is 0.408 e. The van der Waals surface area contributed by atoms with E-state index in [0.29, 0.717) is 17.8 Å². The van der Waals surface area contributed by atoms with E-state index in [9.17, 15) is 14.4 Å². The van der Waals surface area contributed by atoms with E-state index in [2.05, 4.69) is 31.4 Å². The summed E-state index contributed by atoms with van der Waals surface area (Å²) in [5, 5.41) is 5.44. The van der Waals surface area contributed by atoms with Gasteiger partial charge in [-0.05, 0) is 56.9 Å². The monoisotopic (exact) mass is 460 g/mol. The number of benzene rings is 1. The third-order valence-electron chi connectivity index (χ3n) is 6.04.